The molecule has 0 aliphatic rings. The minimum atomic E-state index is -0.373. The molecule has 0 aromatic heterocycles. The molecule has 3 nitrogen and oxygen atoms in total. The smallest absolute Gasteiger partial charge is 0.332 e. The van der Waals surface area contributed by atoms with Crippen molar-refractivity contribution in [3.8, 4) is 0 Å². The maximum Gasteiger partial charge on any atom is 0.332 e. The second-order valence-corrected chi connectivity index (χ2v) is 4.86. The van der Waals surface area contributed by atoms with Gasteiger partial charge in [0, 0.05) is 23.2 Å². The van der Waals surface area contributed by atoms with Gasteiger partial charge in [-0.2, -0.15) is 0 Å². The predicted octanol–water partition coefficient (Wildman–Crippen LogP) is 3.27. The molecule has 0 unspecified atom stereocenters. The van der Waals surface area contributed by atoms with Crippen LogP contribution in [0.3, 0.4) is 0 Å². The van der Waals surface area contributed by atoms with Gasteiger partial charge in [0.25, 0.3) is 0 Å². The number of ether oxygens (including phenoxy) is 1. The Morgan fingerprint density at radius 2 is 2.05 bits per heavy atom. The van der Waals surface area contributed by atoms with Crippen molar-refractivity contribution in [3.05, 3.63) is 46.6 Å². The normalized spacial score (nSPS) is 11.0. The van der Waals surface area contributed by atoms with Crippen LogP contribution in [-0.2, 0) is 16.0 Å². The summed E-state index contributed by atoms with van der Waals surface area (Å²) in [7, 11) is 0. The fourth-order valence-electron chi connectivity index (χ4n) is 1.45. The van der Waals surface area contributed by atoms with Gasteiger partial charge in [-0.05, 0) is 31.5 Å². The molecule has 1 aromatic carbocycles. The number of carbonyl (C=O) groups excluding carboxylic acids is 1. The molecule has 0 bridgehead atoms. The van der Waals surface area contributed by atoms with Crippen molar-refractivity contribution in [1.29, 1.82) is 0 Å². The largest absolute Gasteiger partial charge is 0.463 e. The Hall–Kier alpha value is -1.39. The lowest BCUT2D eigenvalue weighted by Gasteiger charge is -2.08. The van der Waals surface area contributed by atoms with E-state index in [2.05, 4.69) is 5.32 Å². The molecule has 1 aromatic rings. The molecule has 0 atom stereocenters. The van der Waals surface area contributed by atoms with Gasteiger partial charge in [-0.15, -0.1) is 0 Å². The second kappa shape index (κ2) is 7.92. The summed E-state index contributed by atoms with van der Waals surface area (Å²) in [5.74, 6) is -0.373. The summed E-state index contributed by atoms with van der Waals surface area (Å²) in [6.07, 6.45) is 1.98. The van der Waals surface area contributed by atoms with E-state index in [-0.39, 0.29) is 5.97 Å². The van der Waals surface area contributed by atoms with Gasteiger partial charge in [-0.25, -0.2) is 4.79 Å². The van der Waals surface area contributed by atoms with E-state index in [0.29, 0.717) is 28.7 Å². The van der Waals surface area contributed by atoms with E-state index in [0.717, 1.165) is 5.56 Å². The zero-order chi connectivity index (χ0) is 14.3. The average molecular weight is 298 g/mol. The monoisotopic (exact) mass is 297 g/mol. The highest BCUT2D eigenvalue weighted by Gasteiger charge is 2.02. The number of allylic oxidation sites excluding steroid dienone is 1. The molecule has 5 heteroatoms. The average Bonchev–Trinajstić information content (AvgIpc) is 2.32. The molecule has 0 radical (unpaired) electrons. The molecular formula is C14H16ClNO2S. The van der Waals surface area contributed by atoms with Gasteiger partial charge in [0.15, 0.2) is 0 Å². The molecule has 0 spiro atoms. The fourth-order valence-corrected chi connectivity index (χ4v) is 1.90. The van der Waals surface area contributed by atoms with E-state index >= 15 is 0 Å². The van der Waals surface area contributed by atoms with Crippen molar-refractivity contribution >= 4 is 34.8 Å². The van der Waals surface area contributed by atoms with Gasteiger partial charge in [0.1, 0.15) is 0 Å². The van der Waals surface area contributed by atoms with E-state index in [9.17, 15) is 4.79 Å². The van der Waals surface area contributed by atoms with Crippen LogP contribution in [0.15, 0.2) is 36.0 Å². The lowest BCUT2D eigenvalue weighted by atomic mass is 10.1. The number of benzene rings is 1. The molecule has 0 aliphatic carbocycles. The van der Waals surface area contributed by atoms with E-state index in [1.165, 1.54) is 6.08 Å². The predicted molar refractivity (Wildman–Crippen MR) is 81.3 cm³/mol. The van der Waals surface area contributed by atoms with Crippen LogP contribution in [0.1, 0.15) is 19.4 Å². The number of nitrogens with one attached hydrogen (secondary N) is 1. The minimum Gasteiger partial charge on any atom is -0.463 e. The molecule has 0 heterocycles. The zero-order valence-electron chi connectivity index (χ0n) is 10.9. The number of carbonyl (C=O) groups is 1. The van der Waals surface area contributed by atoms with Crippen LogP contribution in [0, 0.1) is 0 Å². The molecule has 0 saturated heterocycles. The van der Waals surface area contributed by atoms with Crippen LogP contribution in [-0.4, -0.2) is 17.6 Å². The third kappa shape index (κ3) is 6.36. The molecule has 1 N–H and O–H groups in total. The Labute approximate surface area is 123 Å². The van der Waals surface area contributed by atoms with Crippen molar-refractivity contribution in [3.63, 3.8) is 0 Å². The second-order valence-electron chi connectivity index (χ2n) is 3.93. The number of thiocarbonyl (C=S) groups is 1. The highest BCUT2D eigenvalue weighted by Crippen LogP contribution is 2.10. The van der Waals surface area contributed by atoms with Gasteiger partial charge in [0.2, 0.25) is 0 Å². The van der Waals surface area contributed by atoms with Crippen LogP contribution in [0.5, 0.6) is 0 Å². The Morgan fingerprint density at radius 3 is 2.63 bits per heavy atom. The van der Waals surface area contributed by atoms with Gasteiger partial charge >= 0.3 is 5.97 Å². The third-order valence-electron chi connectivity index (χ3n) is 2.24. The summed E-state index contributed by atoms with van der Waals surface area (Å²) in [6.45, 7) is 3.89. The first-order valence-corrected chi connectivity index (χ1v) is 6.69. The highest BCUT2D eigenvalue weighted by atomic mass is 35.5. The maximum absolute atomic E-state index is 11.2. The molecule has 1 rings (SSSR count). The van der Waals surface area contributed by atoms with Gasteiger partial charge in [-0.1, -0.05) is 36.0 Å². The van der Waals surface area contributed by atoms with E-state index in [1.807, 2.05) is 24.3 Å². The van der Waals surface area contributed by atoms with Gasteiger partial charge in [0.05, 0.1) is 11.6 Å². The molecule has 0 saturated carbocycles. The van der Waals surface area contributed by atoms with Crippen molar-refractivity contribution in [2.75, 3.05) is 6.61 Å². The van der Waals surface area contributed by atoms with Crippen molar-refractivity contribution < 1.29 is 9.53 Å². The summed E-state index contributed by atoms with van der Waals surface area (Å²) >= 11 is 11.0. The molecule has 102 valence electrons. The number of esters is 1. The fraction of sp³-hybridized carbons (Fsp3) is 0.286. The van der Waals surface area contributed by atoms with E-state index in [1.54, 1.807) is 13.8 Å². The summed E-state index contributed by atoms with van der Waals surface area (Å²) in [6, 6.07) is 7.48. The standard InChI is InChI=1S/C14H16ClNO2S/c1-3-18-14(17)8-10(2)16-13(19)9-11-4-6-12(15)7-5-11/h4-8H,3,9H2,1-2H3,(H,16,19). The maximum atomic E-state index is 11.2. The number of rotatable bonds is 5. The lowest BCUT2D eigenvalue weighted by Crippen LogP contribution is -2.22. The van der Waals surface area contributed by atoms with Crippen LogP contribution in [0.2, 0.25) is 5.02 Å². The van der Waals surface area contributed by atoms with Crippen LogP contribution < -0.4 is 5.32 Å². The number of hydrogen-bond donors (Lipinski definition) is 1. The summed E-state index contributed by atoms with van der Waals surface area (Å²) in [4.78, 5) is 11.9. The zero-order valence-corrected chi connectivity index (χ0v) is 12.5. The molecule has 0 aliphatic heterocycles. The SMILES string of the molecule is CCOC(=O)C=C(C)NC(=S)Cc1ccc(Cl)cc1. The van der Waals surface area contributed by atoms with Crippen LogP contribution in [0.4, 0.5) is 0 Å². The van der Waals surface area contributed by atoms with E-state index < -0.39 is 0 Å². The summed E-state index contributed by atoms with van der Waals surface area (Å²) in [5.41, 5.74) is 1.73. The van der Waals surface area contributed by atoms with Crippen molar-refractivity contribution in [2.24, 2.45) is 0 Å². The Bertz CT molecular complexity index is 483. The third-order valence-corrected chi connectivity index (χ3v) is 2.73. The number of hydrogen-bond acceptors (Lipinski definition) is 3. The molecule has 19 heavy (non-hydrogen) atoms. The molecule has 0 fully saturated rings. The minimum absolute atomic E-state index is 0.359. The molecular weight excluding hydrogens is 282 g/mol. The van der Waals surface area contributed by atoms with Gasteiger partial charge < -0.3 is 10.1 Å². The quantitative estimate of drug-likeness (QED) is 0.514. The Balaban J connectivity index is 2.51. The summed E-state index contributed by atoms with van der Waals surface area (Å²) in [5, 5.41) is 3.69. The first kappa shape index (κ1) is 15.7. The Morgan fingerprint density at radius 1 is 1.42 bits per heavy atom. The first-order valence-electron chi connectivity index (χ1n) is 5.90. The van der Waals surface area contributed by atoms with Gasteiger partial charge in [-0.3, -0.25) is 0 Å². The topological polar surface area (TPSA) is 38.3 Å². The Kier molecular flexibility index (Phi) is 6.53. The van der Waals surface area contributed by atoms with Crippen LogP contribution in [0.25, 0.3) is 0 Å². The van der Waals surface area contributed by atoms with Crippen molar-refractivity contribution in [2.45, 2.75) is 20.3 Å². The summed E-state index contributed by atoms with van der Waals surface area (Å²) < 4.78 is 4.81. The number of halogens is 1. The van der Waals surface area contributed by atoms with Crippen LogP contribution >= 0.6 is 23.8 Å². The van der Waals surface area contributed by atoms with E-state index in [4.69, 9.17) is 28.6 Å². The highest BCUT2D eigenvalue weighted by molar-refractivity contribution is 7.80. The first-order chi connectivity index (χ1) is 9.01. The van der Waals surface area contributed by atoms with Crippen molar-refractivity contribution in [1.82, 2.24) is 5.32 Å². The lowest BCUT2D eigenvalue weighted by molar-refractivity contribution is -0.137. The molecule has 0 amide bonds.